The molecule has 86 valence electrons. The van der Waals surface area contributed by atoms with E-state index in [9.17, 15) is 0 Å². The molecule has 0 spiro atoms. The fourth-order valence-electron chi connectivity index (χ4n) is 2.12. The van der Waals surface area contributed by atoms with Crippen molar-refractivity contribution in [2.45, 2.75) is 46.2 Å². The van der Waals surface area contributed by atoms with Gasteiger partial charge in [-0.2, -0.15) is 0 Å². The summed E-state index contributed by atoms with van der Waals surface area (Å²) >= 11 is 0. The van der Waals surface area contributed by atoms with Crippen LogP contribution in [0.3, 0.4) is 0 Å². The number of rotatable bonds is 4. The quantitative estimate of drug-likeness (QED) is 0.823. The van der Waals surface area contributed by atoms with E-state index in [0.717, 1.165) is 5.69 Å². The van der Waals surface area contributed by atoms with Crippen LogP contribution in [-0.2, 0) is 0 Å². The monoisotopic (exact) mass is 210 g/mol. The van der Waals surface area contributed by atoms with Crippen LogP contribution < -0.4 is 5.32 Å². The van der Waals surface area contributed by atoms with Crippen LogP contribution in [0.2, 0.25) is 0 Å². The molecule has 0 aromatic carbocycles. The highest BCUT2D eigenvalue weighted by Gasteiger charge is 2.32. The first-order chi connectivity index (χ1) is 6.88. The van der Waals surface area contributed by atoms with E-state index < -0.39 is 0 Å². The molecule has 0 aliphatic carbocycles. The molecule has 1 aromatic rings. The number of aromatic nitrogens is 3. The second kappa shape index (κ2) is 4.31. The van der Waals surface area contributed by atoms with Crippen molar-refractivity contribution in [1.82, 2.24) is 20.3 Å². The molecule has 0 aliphatic rings. The summed E-state index contributed by atoms with van der Waals surface area (Å²) in [6.45, 7) is 10.8. The standard InChI is InChI=1S/C11H22N4/c1-8(2)10(11(4,5)12-6)15-7-9(3)13-14-15/h7-8,10,12H,1-6H3/t10-/m0/s1. The summed E-state index contributed by atoms with van der Waals surface area (Å²) < 4.78 is 1.97. The molecule has 15 heavy (non-hydrogen) atoms. The predicted molar refractivity (Wildman–Crippen MR) is 61.8 cm³/mol. The molecule has 0 saturated carbocycles. The lowest BCUT2D eigenvalue weighted by atomic mass is 9.86. The lowest BCUT2D eigenvalue weighted by Crippen LogP contribution is -2.47. The predicted octanol–water partition coefficient (Wildman–Crippen LogP) is 1.78. The van der Waals surface area contributed by atoms with Crippen molar-refractivity contribution in [1.29, 1.82) is 0 Å². The average molecular weight is 210 g/mol. The largest absolute Gasteiger partial charge is 0.313 e. The fourth-order valence-corrected chi connectivity index (χ4v) is 2.12. The van der Waals surface area contributed by atoms with Gasteiger partial charge in [0.25, 0.3) is 0 Å². The maximum Gasteiger partial charge on any atom is 0.0796 e. The highest BCUT2D eigenvalue weighted by Crippen LogP contribution is 2.28. The van der Waals surface area contributed by atoms with Gasteiger partial charge < -0.3 is 5.32 Å². The van der Waals surface area contributed by atoms with Gasteiger partial charge in [-0.1, -0.05) is 19.1 Å². The molecule has 0 bridgehead atoms. The first-order valence-corrected chi connectivity index (χ1v) is 5.46. The molecular weight excluding hydrogens is 188 g/mol. The Hall–Kier alpha value is -0.900. The van der Waals surface area contributed by atoms with Crippen molar-refractivity contribution < 1.29 is 0 Å². The van der Waals surface area contributed by atoms with Crippen molar-refractivity contribution in [2.75, 3.05) is 7.05 Å². The molecule has 4 nitrogen and oxygen atoms in total. The van der Waals surface area contributed by atoms with Gasteiger partial charge in [0.2, 0.25) is 0 Å². The third-order valence-corrected chi connectivity index (χ3v) is 2.93. The van der Waals surface area contributed by atoms with Crippen molar-refractivity contribution in [3.8, 4) is 0 Å². The number of nitrogens with zero attached hydrogens (tertiary/aromatic N) is 3. The maximum atomic E-state index is 4.18. The van der Waals surface area contributed by atoms with Crippen LogP contribution in [0.5, 0.6) is 0 Å². The van der Waals surface area contributed by atoms with Crippen LogP contribution in [0.1, 0.15) is 39.4 Å². The lowest BCUT2D eigenvalue weighted by Gasteiger charge is -2.36. The normalized spacial score (nSPS) is 14.6. The maximum absolute atomic E-state index is 4.18. The molecule has 1 rings (SSSR count). The molecule has 1 atom stereocenters. The van der Waals surface area contributed by atoms with Gasteiger partial charge in [0, 0.05) is 11.7 Å². The summed E-state index contributed by atoms with van der Waals surface area (Å²) in [6, 6.07) is 0.309. The highest BCUT2D eigenvalue weighted by molar-refractivity contribution is 4.95. The van der Waals surface area contributed by atoms with E-state index in [4.69, 9.17) is 0 Å². The molecule has 0 saturated heterocycles. The van der Waals surface area contributed by atoms with Crippen LogP contribution in [0.25, 0.3) is 0 Å². The molecule has 0 radical (unpaired) electrons. The van der Waals surface area contributed by atoms with Crippen LogP contribution in [-0.4, -0.2) is 27.6 Å². The Morgan fingerprint density at radius 2 is 2.00 bits per heavy atom. The van der Waals surface area contributed by atoms with Crippen LogP contribution in [0.4, 0.5) is 0 Å². The third-order valence-electron chi connectivity index (χ3n) is 2.93. The Labute approximate surface area is 92.1 Å². The SMILES string of the molecule is CNC(C)(C)[C@H](C(C)C)n1cc(C)nn1. The molecule has 4 heteroatoms. The molecular formula is C11H22N4. The summed E-state index contributed by atoms with van der Waals surface area (Å²) in [5.41, 5.74) is 0.974. The minimum Gasteiger partial charge on any atom is -0.313 e. The summed E-state index contributed by atoms with van der Waals surface area (Å²) in [4.78, 5) is 0. The molecule has 1 heterocycles. The third kappa shape index (κ3) is 2.56. The lowest BCUT2D eigenvalue weighted by molar-refractivity contribution is 0.192. The average Bonchev–Trinajstić information content (AvgIpc) is 2.51. The van der Waals surface area contributed by atoms with E-state index in [1.807, 2.05) is 24.9 Å². The zero-order chi connectivity index (χ0) is 11.6. The number of hydrogen-bond acceptors (Lipinski definition) is 3. The summed E-state index contributed by atoms with van der Waals surface area (Å²) in [7, 11) is 1.99. The Balaban J connectivity index is 3.03. The first kappa shape index (κ1) is 12.2. The van der Waals surface area contributed by atoms with Crippen LogP contribution >= 0.6 is 0 Å². The highest BCUT2D eigenvalue weighted by atomic mass is 15.4. The molecule has 0 amide bonds. The number of aryl methyl sites for hydroxylation is 1. The Bertz CT molecular complexity index is 314. The van der Waals surface area contributed by atoms with Gasteiger partial charge >= 0.3 is 0 Å². The van der Waals surface area contributed by atoms with Gasteiger partial charge in [0.15, 0.2) is 0 Å². The minimum atomic E-state index is 0.00824. The number of likely N-dealkylation sites (N-methyl/N-ethyl adjacent to an activating group) is 1. The Morgan fingerprint density at radius 1 is 1.40 bits per heavy atom. The van der Waals surface area contributed by atoms with Crippen molar-refractivity contribution in [3.63, 3.8) is 0 Å². The summed E-state index contributed by atoms with van der Waals surface area (Å²) in [6.07, 6.45) is 2.00. The Kier molecular flexibility index (Phi) is 3.50. The van der Waals surface area contributed by atoms with Crippen LogP contribution in [0.15, 0.2) is 6.20 Å². The second-order valence-electron chi connectivity index (χ2n) is 5.00. The van der Waals surface area contributed by atoms with E-state index in [0.29, 0.717) is 12.0 Å². The van der Waals surface area contributed by atoms with E-state index >= 15 is 0 Å². The molecule has 1 N–H and O–H groups in total. The Morgan fingerprint density at radius 3 is 2.33 bits per heavy atom. The first-order valence-electron chi connectivity index (χ1n) is 5.46. The van der Waals surface area contributed by atoms with Gasteiger partial charge in [-0.05, 0) is 33.7 Å². The minimum absolute atomic E-state index is 0.00824. The zero-order valence-electron chi connectivity index (χ0n) is 10.6. The molecule has 0 aliphatic heterocycles. The molecule has 0 fully saturated rings. The number of hydrogen-bond donors (Lipinski definition) is 1. The van der Waals surface area contributed by atoms with Gasteiger partial charge in [-0.15, -0.1) is 5.10 Å². The van der Waals surface area contributed by atoms with Gasteiger partial charge in [-0.25, -0.2) is 4.68 Å². The van der Waals surface area contributed by atoms with Crippen molar-refractivity contribution in [2.24, 2.45) is 5.92 Å². The molecule has 0 unspecified atom stereocenters. The topological polar surface area (TPSA) is 42.7 Å². The van der Waals surface area contributed by atoms with E-state index in [1.165, 1.54) is 0 Å². The second-order valence-corrected chi connectivity index (χ2v) is 5.00. The summed E-state index contributed by atoms with van der Waals surface area (Å²) in [5.74, 6) is 0.508. The fraction of sp³-hybridized carbons (Fsp3) is 0.818. The number of nitrogens with one attached hydrogen (secondary N) is 1. The zero-order valence-corrected chi connectivity index (χ0v) is 10.6. The van der Waals surface area contributed by atoms with E-state index in [-0.39, 0.29) is 5.54 Å². The van der Waals surface area contributed by atoms with Crippen molar-refractivity contribution in [3.05, 3.63) is 11.9 Å². The smallest absolute Gasteiger partial charge is 0.0796 e. The van der Waals surface area contributed by atoms with E-state index in [2.05, 4.69) is 43.3 Å². The van der Waals surface area contributed by atoms with Gasteiger partial charge in [0.1, 0.15) is 0 Å². The van der Waals surface area contributed by atoms with E-state index in [1.54, 1.807) is 0 Å². The van der Waals surface area contributed by atoms with Gasteiger partial charge in [-0.3, -0.25) is 0 Å². The molecule has 1 aromatic heterocycles. The van der Waals surface area contributed by atoms with Crippen LogP contribution in [0, 0.1) is 12.8 Å². The van der Waals surface area contributed by atoms with Gasteiger partial charge in [0.05, 0.1) is 11.7 Å². The summed E-state index contributed by atoms with van der Waals surface area (Å²) in [5, 5.41) is 11.6. The van der Waals surface area contributed by atoms with Crippen molar-refractivity contribution >= 4 is 0 Å².